The maximum Gasteiger partial charge on any atom is 0.284 e. The monoisotopic (exact) mass is 416 g/mol. The zero-order chi connectivity index (χ0) is 20.9. The number of pyridine rings is 1. The maximum absolute atomic E-state index is 10.7. The molecule has 0 aliphatic carbocycles. The maximum atomic E-state index is 9.87. The van der Waals surface area contributed by atoms with Gasteiger partial charge in [0.2, 0.25) is 6.04 Å². The Labute approximate surface area is 157 Å². The van der Waals surface area contributed by atoms with E-state index in [4.69, 9.17) is 0 Å². The fourth-order valence-electron chi connectivity index (χ4n) is 2.56. The van der Waals surface area contributed by atoms with E-state index >= 15 is 0 Å². The summed E-state index contributed by atoms with van der Waals surface area (Å²) in [4.78, 5) is 0. The van der Waals surface area contributed by atoms with Gasteiger partial charge in [0.25, 0.3) is 5.69 Å². The summed E-state index contributed by atoms with van der Waals surface area (Å²) in [6.45, 7) is 0. The fourth-order valence-corrected chi connectivity index (χ4v) is 2.56. The predicted molar refractivity (Wildman–Crippen MR) is 95.0 cm³/mol. The van der Waals surface area contributed by atoms with Gasteiger partial charge in [-0.25, -0.2) is 0 Å². The van der Waals surface area contributed by atoms with Gasteiger partial charge < -0.3 is 0 Å². The molecule has 0 bridgehead atoms. The summed E-state index contributed by atoms with van der Waals surface area (Å²) in [5.74, 6) is 0. The molecule has 0 amide bonds. The van der Waals surface area contributed by atoms with E-state index in [-0.39, 0.29) is 6.04 Å². The van der Waals surface area contributed by atoms with E-state index in [2.05, 4.69) is 30.3 Å². The van der Waals surface area contributed by atoms with Gasteiger partial charge in [0.15, 0.2) is 12.3 Å². The van der Waals surface area contributed by atoms with Crippen molar-refractivity contribution < 1.29 is 29.7 Å². The Morgan fingerprint density at radius 2 is 1.07 bits per heavy atom. The van der Waals surface area contributed by atoms with Crippen LogP contribution in [0.1, 0.15) is 22.9 Å². The van der Waals surface area contributed by atoms with Crippen LogP contribution in [0.5, 0.6) is 0 Å². The van der Waals surface area contributed by atoms with Crippen LogP contribution in [0, 0.1) is 11.3 Å². The van der Waals surface area contributed by atoms with Gasteiger partial charge in [0, 0.05) is 23.3 Å². The van der Waals surface area contributed by atoms with Crippen molar-refractivity contribution in [3.8, 4) is 6.07 Å². The predicted octanol–water partition coefficient (Wildman–Crippen LogP) is 6.87. The average Bonchev–Trinajstić information content (AvgIpc) is 2.62. The second kappa shape index (κ2) is 7.25. The van der Waals surface area contributed by atoms with Gasteiger partial charge in [-0.2, -0.15) is 9.83 Å². The Bertz CT molecular complexity index is 918. The molecule has 28 heavy (non-hydrogen) atoms. The van der Waals surface area contributed by atoms with Gasteiger partial charge >= 0.3 is 33.0 Å². The third-order valence-corrected chi connectivity index (χ3v) is 3.51. The molecule has 0 saturated carbocycles. The number of aromatic nitrogens is 1. The van der Waals surface area contributed by atoms with Crippen molar-refractivity contribution in [3.63, 3.8) is 0 Å². The summed E-state index contributed by atoms with van der Waals surface area (Å²) in [5, 5.41) is 9.39. The number of hydrogen-bond acceptors (Lipinski definition) is 1. The first-order valence-electron chi connectivity index (χ1n) is 7.92. The summed E-state index contributed by atoms with van der Waals surface area (Å²) < 4.78 is 61.2. The van der Waals surface area contributed by atoms with Crippen LogP contribution in [0.25, 0.3) is 0 Å². The molecule has 148 valence electrons. The molecule has 3 rings (SSSR count). The topological polar surface area (TPSA) is 27.7 Å². The van der Waals surface area contributed by atoms with Crippen molar-refractivity contribution in [1.82, 2.24) is 0 Å². The Balaban J connectivity index is 0.000000345. The molecule has 0 N–H and O–H groups in total. The number of nitriles is 1. The zero-order valence-corrected chi connectivity index (χ0v) is 15.2. The van der Waals surface area contributed by atoms with E-state index < -0.39 is 7.81 Å². The molecule has 2 aromatic carbocycles. The van der Waals surface area contributed by atoms with E-state index in [1.807, 2.05) is 65.4 Å². The number of hydrogen-bond donors (Lipinski definition) is 0. The largest absolute Gasteiger partial charge is 0.284 e. The molecular formula is C19H15F6N2P. The summed E-state index contributed by atoms with van der Waals surface area (Å²) in [7, 11) is -10.7. The molecule has 0 unspecified atom stereocenters. The van der Waals surface area contributed by atoms with Crippen LogP contribution in [0.15, 0.2) is 85.1 Å². The SMILES string of the molecule is F[P-](F)(F)(F)(F)F.N#Cc1cccc[n+]1C(c1ccccc1)c1ccccc1. The smallest absolute Gasteiger partial charge is 0.186 e. The average molecular weight is 416 g/mol. The minimum atomic E-state index is -10.7. The minimum absolute atomic E-state index is 0.00301. The van der Waals surface area contributed by atoms with Crippen molar-refractivity contribution in [2.75, 3.05) is 0 Å². The van der Waals surface area contributed by atoms with E-state index in [0.29, 0.717) is 5.69 Å². The summed E-state index contributed by atoms with van der Waals surface area (Å²) >= 11 is 0. The number of nitrogens with zero attached hydrogens (tertiary/aromatic N) is 2. The third-order valence-electron chi connectivity index (χ3n) is 3.51. The fraction of sp³-hybridized carbons (Fsp3) is 0.0526. The van der Waals surface area contributed by atoms with Gasteiger partial charge in [-0.3, -0.25) is 0 Å². The number of benzene rings is 2. The van der Waals surface area contributed by atoms with Crippen molar-refractivity contribution in [2.24, 2.45) is 0 Å². The summed E-state index contributed by atoms with van der Waals surface area (Å²) in [5.41, 5.74) is 2.98. The van der Waals surface area contributed by atoms with Crippen LogP contribution in [0.3, 0.4) is 0 Å². The van der Waals surface area contributed by atoms with E-state index in [1.54, 1.807) is 0 Å². The quantitative estimate of drug-likeness (QED) is 0.260. The van der Waals surface area contributed by atoms with Crippen LogP contribution in [0.2, 0.25) is 0 Å². The number of halogens is 6. The molecule has 9 heteroatoms. The second-order valence-corrected chi connectivity index (χ2v) is 7.70. The van der Waals surface area contributed by atoms with E-state index in [1.165, 1.54) is 0 Å². The standard InChI is InChI=1S/C19H15N2.F6P/c20-15-18-13-7-8-14-21(18)19(16-9-3-1-4-10-16)17-11-5-2-6-12-17;1-7(2,3,4,5)6/h1-14,19H;/q+1;-1. The molecule has 2 nitrogen and oxygen atoms in total. The summed E-state index contributed by atoms with van der Waals surface area (Å²) in [6.07, 6.45) is 1.96. The minimum Gasteiger partial charge on any atom is -0.186 e. The first-order valence-corrected chi connectivity index (χ1v) is 9.94. The Kier molecular flexibility index (Phi) is 5.54. The third kappa shape index (κ3) is 7.77. The van der Waals surface area contributed by atoms with Crippen molar-refractivity contribution in [3.05, 3.63) is 102 Å². The van der Waals surface area contributed by atoms with Crippen LogP contribution in [0.4, 0.5) is 25.2 Å². The molecule has 0 fully saturated rings. The molecule has 3 aromatic rings. The molecule has 0 aliphatic heterocycles. The zero-order valence-electron chi connectivity index (χ0n) is 14.3. The van der Waals surface area contributed by atoms with E-state index in [9.17, 15) is 30.4 Å². The van der Waals surface area contributed by atoms with E-state index in [0.717, 1.165) is 11.1 Å². The molecule has 0 saturated heterocycles. The van der Waals surface area contributed by atoms with Crippen LogP contribution < -0.4 is 4.57 Å². The first-order chi connectivity index (χ1) is 12.8. The van der Waals surface area contributed by atoms with Crippen molar-refractivity contribution >= 4 is 7.81 Å². The van der Waals surface area contributed by atoms with Crippen LogP contribution >= 0.6 is 7.81 Å². The normalized spacial score (nSPS) is 13.5. The molecule has 0 radical (unpaired) electrons. The summed E-state index contributed by atoms with van der Waals surface area (Å²) in [6, 6.07) is 28.5. The van der Waals surface area contributed by atoms with Gasteiger partial charge in [-0.05, 0) is 6.07 Å². The van der Waals surface area contributed by atoms with Gasteiger partial charge in [0.05, 0.1) is 0 Å². The second-order valence-electron chi connectivity index (χ2n) is 5.79. The molecule has 0 spiro atoms. The number of rotatable bonds is 3. The Morgan fingerprint density at radius 1 is 0.679 bits per heavy atom. The Hall–Kier alpha value is -2.91. The Morgan fingerprint density at radius 3 is 1.46 bits per heavy atom. The van der Waals surface area contributed by atoms with Crippen LogP contribution in [-0.4, -0.2) is 0 Å². The molecule has 1 heterocycles. The van der Waals surface area contributed by atoms with Gasteiger partial charge in [-0.15, -0.1) is 0 Å². The van der Waals surface area contributed by atoms with Gasteiger partial charge in [0.1, 0.15) is 0 Å². The molecular weight excluding hydrogens is 401 g/mol. The first kappa shape index (κ1) is 21.4. The van der Waals surface area contributed by atoms with Crippen molar-refractivity contribution in [1.29, 1.82) is 5.26 Å². The molecule has 0 aliphatic rings. The van der Waals surface area contributed by atoms with Crippen molar-refractivity contribution in [2.45, 2.75) is 6.04 Å². The van der Waals surface area contributed by atoms with Gasteiger partial charge in [-0.1, -0.05) is 60.7 Å². The molecule has 1 aromatic heterocycles. The molecule has 0 atom stereocenters. The van der Waals surface area contributed by atoms with Crippen LogP contribution in [-0.2, 0) is 0 Å².